The lowest BCUT2D eigenvalue weighted by Crippen LogP contribution is -2.22. The molecule has 5 nitrogen and oxygen atoms in total. The molecule has 2 atom stereocenters. The van der Waals surface area contributed by atoms with E-state index in [4.69, 9.17) is 18.3 Å². The summed E-state index contributed by atoms with van der Waals surface area (Å²) in [5.74, 6) is -1.33. The quantitative estimate of drug-likeness (QED) is 0.118. The standard InChI is InChI=1S/C35H26Br2F2O5/c36-17-27(33-15-25-29(11-23(38)13-31(25)43-33)41-19-21-7-3-1-4-8-21)35(40)28(18-37)34-16-26-30(12-24(39)14-32(26)44-34)42-20-22-9-5-2-6-10-22/h1-16,27-28H,17-20H2. The van der Waals surface area contributed by atoms with Gasteiger partial charge in [0, 0.05) is 34.9 Å². The van der Waals surface area contributed by atoms with Gasteiger partial charge in [0.15, 0.2) is 5.78 Å². The lowest BCUT2D eigenvalue weighted by Gasteiger charge is -2.16. The number of carbonyl (C=O) groups is 1. The van der Waals surface area contributed by atoms with E-state index in [1.165, 1.54) is 24.3 Å². The zero-order valence-corrected chi connectivity index (χ0v) is 26.4. The van der Waals surface area contributed by atoms with Gasteiger partial charge in [-0.2, -0.15) is 0 Å². The van der Waals surface area contributed by atoms with E-state index < -0.39 is 23.5 Å². The Bertz CT molecular complexity index is 1770. The van der Waals surface area contributed by atoms with Crippen LogP contribution in [0.15, 0.2) is 106 Å². The van der Waals surface area contributed by atoms with Crippen molar-refractivity contribution in [2.45, 2.75) is 25.0 Å². The van der Waals surface area contributed by atoms with Gasteiger partial charge in [-0.25, -0.2) is 8.78 Å². The van der Waals surface area contributed by atoms with Gasteiger partial charge in [-0.3, -0.25) is 4.79 Å². The lowest BCUT2D eigenvalue weighted by molar-refractivity contribution is -0.121. The normalized spacial score (nSPS) is 12.8. The number of rotatable bonds is 12. The summed E-state index contributed by atoms with van der Waals surface area (Å²) in [4.78, 5) is 14.0. The summed E-state index contributed by atoms with van der Waals surface area (Å²) < 4.78 is 53.0. The van der Waals surface area contributed by atoms with Gasteiger partial charge in [0.2, 0.25) is 0 Å². The predicted molar refractivity (Wildman–Crippen MR) is 172 cm³/mol. The molecule has 0 bridgehead atoms. The first-order valence-corrected chi connectivity index (χ1v) is 16.1. The molecule has 2 unspecified atom stereocenters. The topological polar surface area (TPSA) is 61.8 Å². The average molecular weight is 724 g/mol. The minimum atomic E-state index is -0.728. The maximum atomic E-state index is 14.5. The van der Waals surface area contributed by atoms with Crippen molar-refractivity contribution in [2.75, 3.05) is 10.7 Å². The highest BCUT2D eigenvalue weighted by Gasteiger charge is 2.33. The Morgan fingerprint density at radius 2 is 1.05 bits per heavy atom. The summed E-state index contributed by atoms with van der Waals surface area (Å²) >= 11 is 6.94. The Balaban J connectivity index is 1.28. The summed E-state index contributed by atoms with van der Waals surface area (Å²) in [5, 5.41) is 1.62. The highest BCUT2D eigenvalue weighted by atomic mass is 79.9. The fourth-order valence-corrected chi connectivity index (χ4v) is 6.35. The summed E-state index contributed by atoms with van der Waals surface area (Å²) in [6.45, 7) is 0.492. The van der Waals surface area contributed by atoms with Crippen molar-refractivity contribution in [1.82, 2.24) is 0 Å². The third kappa shape index (κ3) is 6.44. The highest BCUT2D eigenvalue weighted by Crippen LogP contribution is 2.39. The molecule has 44 heavy (non-hydrogen) atoms. The van der Waals surface area contributed by atoms with Crippen molar-refractivity contribution in [2.24, 2.45) is 0 Å². The number of ketones is 1. The number of halogens is 4. The molecule has 0 aliphatic carbocycles. The van der Waals surface area contributed by atoms with Crippen molar-refractivity contribution in [3.05, 3.63) is 131 Å². The van der Waals surface area contributed by atoms with Crippen LogP contribution in [0.5, 0.6) is 11.5 Å². The summed E-state index contributed by atoms with van der Waals surface area (Å²) in [5.41, 5.74) is 2.41. The number of Topliss-reactive ketones (excluding diaryl/α,β-unsaturated/α-hetero) is 1. The van der Waals surface area contributed by atoms with Gasteiger partial charge in [0.25, 0.3) is 0 Å². The Morgan fingerprint density at radius 3 is 1.43 bits per heavy atom. The van der Waals surface area contributed by atoms with Crippen LogP contribution in [0.25, 0.3) is 21.9 Å². The molecule has 0 aliphatic heterocycles. The molecule has 224 valence electrons. The van der Waals surface area contributed by atoms with Crippen molar-refractivity contribution in [3.63, 3.8) is 0 Å². The van der Waals surface area contributed by atoms with E-state index in [1.54, 1.807) is 12.1 Å². The first-order chi connectivity index (χ1) is 21.4. The molecule has 0 spiro atoms. The highest BCUT2D eigenvalue weighted by molar-refractivity contribution is 9.09. The zero-order valence-electron chi connectivity index (χ0n) is 23.3. The van der Waals surface area contributed by atoms with Crippen LogP contribution in [0.1, 0.15) is 34.5 Å². The molecule has 0 amide bonds. The second kappa shape index (κ2) is 13.4. The Labute approximate surface area is 269 Å². The van der Waals surface area contributed by atoms with Crippen LogP contribution in [0, 0.1) is 11.6 Å². The predicted octanol–water partition coefficient (Wildman–Crippen LogP) is 9.84. The van der Waals surface area contributed by atoms with E-state index in [2.05, 4.69) is 31.9 Å². The van der Waals surface area contributed by atoms with Crippen molar-refractivity contribution in [3.8, 4) is 11.5 Å². The maximum absolute atomic E-state index is 14.5. The zero-order chi connectivity index (χ0) is 30.6. The number of carbonyl (C=O) groups excluding carboxylic acids is 1. The van der Waals surface area contributed by atoms with Crippen LogP contribution in [0.3, 0.4) is 0 Å². The van der Waals surface area contributed by atoms with E-state index in [9.17, 15) is 13.6 Å². The van der Waals surface area contributed by atoms with Gasteiger partial charge in [0.05, 0.1) is 22.6 Å². The molecule has 2 heterocycles. The van der Waals surface area contributed by atoms with E-state index in [0.29, 0.717) is 33.8 Å². The molecule has 6 rings (SSSR count). The molecule has 0 fully saturated rings. The van der Waals surface area contributed by atoms with Crippen molar-refractivity contribution >= 4 is 59.6 Å². The minimum absolute atomic E-state index is 0.198. The number of furan rings is 2. The second-order valence-corrected chi connectivity index (χ2v) is 11.6. The number of hydrogen-bond donors (Lipinski definition) is 0. The molecular formula is C35H26Br2F2O5. The first kappa shape index (κ1) is 30.1. The number of alkyl halides is 2. The second-order valence-electron chi connectivity index (χ2n) is 10.3. The molecular weight excluding hydrogens is 698 g/mol. The lowest BCUT2D eigenvalue weighted by atomic mass is 9.91. The van der Waals surface area contributed by atoms with Crippen LogP contribution >= 0.6 is 31.9 Å². The van der Waals surface area contributed by atoms with Crippen LogP contribution in [0.2, 0.25) is 0 Å². The maximum Gasteiger partial charge on any atom is 0.155 e. The molecule has 0 radical (unpaired) electrons. The van der Waals surface area contributed by atoms with Crippen molar-refractivity contribution in [1.29, 1.82) is 0 Å². The van der Waals surface area contributed by atoms with Crippen LogP contribution in [-0.4, -0.2) is 16.4 Å². The molecule has 0 N–H and O–H groups in total. The first-order valence-electron chi connectivity index (χ1n) is 13.9. The van der Waals surface area contributed by atoms with E-state index >= 15 is 0 Å². The smallest absolute Gasteiger partial charge is 0.155 e. The fraction of sp³-hybridized carbons (Fsp3) is 0.171. The number of benzene rings is 4. The monoisotopic (exact) mass is 722 g/mol. The van der Waals surface area contributed by atoms with Gasteiger partial charge in [0.1, 0.15) is 59.0 Å². The molecule has 0 saturated heterocycles. The summed E-state index contributed by atoms with van der Waals surface area (Å²) in [7, 11) is 0. The average Bonchev–Trinajstić information content (AvgIpc) is 3.65. The van der Waals surface area contributed by atoms with Gasteiger partial charge in [-0.15, -0.1) is 0 Å². The van der Waals surface area contributed by atoms with Gasteiger partial charge >= 0.3 is 0 Å². The van der Waals surface area contributed by atoms with E-state index in [0.717, 1.165) is 11.1 Å². The third-order valence-corrected chi connectivity index (χ3v) is 8.62. The molecule has 0 aliphatic rings. The van der Waals surface area contributed by atoms with E-state index in [1.807, 2.05) is 60.7 Å². The SMILES string of the molecule is O=C(C(CBr)c1cc2c(OCc3ccccc3)cc(F)cc2o1)C(CBr)c1cc2c(OCc3ccccc3)cc(F)cc2o1. The minimum Gasteiger partial charge on any atom is -0.488 e. The number of fused-ring (bicyclic) bond motifs is 2. The van der Waals surface area contributed by atoms with Gasteiger partial charge in [-0.1, -0.05) is 92.5 Å². The number of ether oxygens (including phenoxy) is 2. The molecule has 4 aromatic carbocycles. The molecule has 6 aromatic rings. The molecule has 2 aromatic heterocycles. The number of hydrogen-bond acceptors (Lipinski definition) is 5. The van der Waals surface area contributed by atoms with Crippen LogP contribution in [0.4, 0.5) is 8.78 Å². The Kier molecular flexibility index (Phi) is 9.14. The van der Waals surface area contributed by atoms with Gasteiger partial charge in [-0.05, 0) is 23.3 Å². The molecule has 9 heteroatoms. The summed E-state index contributed by atoms with van der Waals surface area (Å²) in [6.07, 6.45) is 0. The van der Waals surface area contributed by atoms with Crippen LogP contribution in [-0.2, 0) is 18.0 Å². The Morgan fingerprint density at radius 1 is 0.636 bits per heavy atom. The van der Waals surface area contributed by atoms with Crippen LogP contribution < -0.4 is 9.47 Å². The summed E-state index contributed by atoms with van der Waals surface area (Å²) in [6, 6.07) is 27.7. The fourth-order valence-electron chi connectivity index (χ4n) is 5.07. The van der Waals surface area contributed by atoms with E-state index in [-0.39, 0.29) is 40.8 Å². The largest absolute Gasteiger partial charge is 0.488 e. The van der Waals surface area contributed by atoms with Gasteiger partial charge < -0.3 is 18.3 Å². The third-order valence-electron chi connectivity index (χ3n) is 7.32. The van der Waals surface area contributed by atoms with Crippen molar-refractivity contribution < 1.29 is 31.9 Å². The Hall–Kier alpha value is -3.95. The molecule has 0 saturated carbocycles.